The summed E-state index contributed by atoms with van der Waals surface area (Å²) >= 11 is 0. The summed E-state index contributed by atoms with van der Waals surface area (Å²) in [5, 5.41) is 0. The molecule has 3 rings (SSSR count). The second kappa shape index (κ2) is 12.0. The van der Waals surface area contributed by atoms with E-state index >= 15 is 0 Å². The number of esters is 1. The Kier molecular flexibility index (Phi) is 9.16. The number of hydrogen-bond acceptors (Lipinski definition) is 7. The molecule has 206 valence electrons. The van der Waals surface area contributed by atoms with Gasteiger partial charge in [-0.05, 0) is 76.9 Å². The molecule has 0 bridgehead atoms. The molecule has 1 fully saturated rings. The monoisotopic (exact) mass is 545 g/mol. The number of carbonyl (C=O) groups is 3. The van der Waals surface area contributed by atoms with E-state index in [1.54, 1.807) is 52.2 Å². The summed E-state index contributed by atoms with van der Waals surface area (Å²) in [5.74, 6) is -0.909. The topological polar surface area (TPSA) is 114 Å². The van der Waals surface area contributed by atoms with Gasteiger partial charge in [-0.25, -0.2) is 18.0 Å². The van der Waals surface area contributed by atoms with E-state index in [0.717, 1.165) is 5.56 Å². The fraction of sp³-hybridized carbons (Fsp3) is 0.444. The van der Waals surface area contributed by atoms with Crippen LogP contribution in [0.5, 0.6) is 5.75 Å². The number of nitrogens with zero attached hydrogens (tertiary/aromatic N) is 3. The Bertz CT molecular complexity index is 1260. The molecule has 0 N–H and O–H groups in total. The maximum absolute atomic E-state index is 14.0. The minimum absolute atomic E-state index is 0.105. The first-order valence-electron chi connectivity index (χ1n) is 12.4. The van der Waals surface area contributed by atoms with Gasteiger partial charge < -0.3 is 14.4 Å². The van der Waals surface area contributed by atoms with Crippen molar-refractivity contribution in [2.75, 3.05) is 25.5 Å². The highest BCUT2D eigenvalue weighted by Gasteiger charge is 2.43. The molecule has 1 aliphatic rings. The lowest BCUT2D eigenvalue weighted by Gasteiger charge is -2.33. The highest BCUT2D eigenvalue weighted by Crippen LogP contribution is 2.31. The van der Waals surface area contributed by atoms with Crippen LogP contribution in [0.1, 0.15) is 39.2 Å². The summed E-state index contributed by atoms with van der Waals surface area (Å²) < 4.78 is 38.8. The van der Waals surface area contributed by atoms with E-state index in [0.29, 0.717) is 18.5 Å². The van der Waals surface area contributed by atoms with Crippen LogP contribution in [0.15, 0.2) is 53.4 Å². The molecule has 2 amide bonds. The first-order chi connectivity index (χ1) is 17.8. The van der Waals surface area contributed by atoms with Crippen LogP contribution < -0.4 is 9.64 Å². The summed E-state index contributed by atoms with van der Waals surface area (Å²) in [6.45, 7) is 7.00. The molecular weight excluding hydrogens is 510 g/mol. The Balaban J connectivity index is 1.96. The Hall–Kier alpha value is -3.44. The average molecular weight is 546 g/mol. The molecule has 0 spiro atoms. The van der Waals surface area contributed by atoms with Gasteiger partial charge in [0.2, 0.25) is 15.9 Å². The van der Waals surface area contributed by atoms with Crippen molar-refractivity contribution in [3.05, 3.63) is 54.1 Å². The number of hydrogen-bond donors (Lipinski definition) is 0. The number of sulfonamides is 1. The second-order valence-corrected chi connectivity index (χ2v) is 11.6. The first-order valence-corrected chi connectivity index (χ1v) is 13.9. The number of benzene rings is 2. The first kappa shape index (κ1) is 29.1. The van der Waals surface area contributed by atoms with Crippen LogP contribution in [0.3, 0.4) is 0 Å². The van der Waals surface area contributed by atoms with Crippen LogP contribution in [0.4, 0.5) is 10.5 Å². The molecule has 0 aliphatic carbocycles. The zero-order chi connectivity index (χ0) is 28.2. The fourth-order valence-electron chi connectivity index (χ4n) is 4.13. The lowest BCUT2D eigenvalue weighted by molar-refractivity contribution is -0.149. The molecule has 1 aliphatic heterocycles. The maximum atomic E-state index is 14.0. The van der Waals surface area contributed by atoms with E-state index in [1.165, 1.54) is 45.3 Å². The van der Waals surface area contributed by atoms with Gasteiger partial charge in [0.1, 0.15) is 17.8 Å². The van der Waals surface area contributed by atoms with Crippen LogP contribution in [0.25, 0.3) is 0 Å². The van der Waals surface area contributed by atoms with Crippen molar-refractivity contribution in [2.24, 2.45) is 0 Å². The Morgan fingerprint density at radius 2 is 1.58 bits per heavy atom. The summed E-state index contributed by atoms with van der Waals surface area (Å²) in [5.41, 5.74) is 1.26. The van der Waals surface area contributed by atoms with Gasteiger partial charge in [-0.2, -0.15) is 4.31 Å². The number of amides is 2. The van der Waals surface area contributed by atoms with Gasteiger partial charge in [0.15, 0.2) is 0 Å². The smallest absolute Gasteiger partial charge is 0.414 e. The van der Waals surface area contributed by atoms with Gasteiger partial charge in [-0.1, -0.05) is 17.7 Å². The molecule has 1 saturated heterocycles. The van der Waals surface area contributed by atoms with Crippen molar-refractivity contribution in [3.63, 3.8) is 0 Å². The second-order valence-electron chi connectivity index (χ2n) is 9.71. The van der Waals surface area contributed by atoms with Crippen molar-refractivity contribution in [3.8, 4) is 5.75 Å². The van der Waals surface area contributed by atoms with Gasteiger partial charge in [0.25, 0.3) is 0 Å². The van der Waals surface area contributed by atoms with Gasteiger partial charge in [0.05, 0.1) is 11.0 Å². The SMILES string of the molecule is Cc1ccc(S(=O)(=O)N2CCC[C@H]2C(=O)N(c2ccc(OC(=O)N(C)C)cc2)[C@@H](C)C(=O)OC(C)C)cc1. The molecule has 0 saturated carbocycles. The fourth-order valence-corrected chi connectivity index (χ4v) is 5.78. The zero-order valence-corrected chi connectivity index (χ0v) is 23.4. The number of carbonyl (C=O) groups excluding carboxylic acids is 3. The van der Waals surface area contributed by atoms with E-state index in [2.05, 4.69) is 0 Å². The normalized spacial score (nSPS) is 16.7. The minimum Gasteiger partial charge on any atom is -0.461 e. The van der Waals surface area contributed by atoms with E-state index in [9.17, 15) is 22.8 Å². The van der Waals surface area contributed by atoms with Crippen LogP contribution in [0.2, 0.25) is 0 Å². The van der Waals surface area contributed by atoms with Gasteiger partial charge >= 0.3 is 12.1 Å². The standard InChI is InChI=1S/C27H35N3O7S/c1-18(2)36-26(32)20(4)30(21-11-13-22(14-12-21)37-27(33)28(5)6)25(31)24-8-7-17-29(24)38(34,35)23-15-9-19(3)10-16-23/h9-16,18,20,24H,7-8,17H2,1-6H3/t20-,24-/m0/s1. The highest BCUT2D eigenvalue weighted by molar-refractivity contribution is 7.89. The van der Waals surface area contributed by atoms with Gasteiger partial charge in [0, 0.05) is 26.3 Å². The molecule has 38 heavy (non-hydrogen) atoms. The number of ether oxygens (including phenoxy) is 2. The number of aryl methyl sites for hydroxylation is 1. The quantitative estimate of drug-likeness (QED) is 0.466. The van der Waals surface area contributed by atoms with Crippen LogP contribution in [-0.2, 0) is 24.3 Å². The van der Waals surface area contributed by atoms with Crippen LogP contribution in [-0.4, -0.2) is 74.4 Å². The molecule has 11 heteroatoms. The summed E-state index contributed by atoms with van der Waals surface area (Å²) in [7, 11) is -0.846. The average Bonchev–Trinajstić information content (AvgIpc) is 3.36. The van der Waals surface area contributed by atoms with Crippen molar-refractivity contribution >= 4 is 33.7 Å². The highest BCUT2D eigenvalue weighted by atomic mass is 32.2. The van der Waals surface area contributed by atoms with E-state index in [1.807, 2.05) is 6.92 Å². The molecular formula is C27H35N3O7S. The van der Waals surface area contributed by atoms with E-state index in [4.69, 9.17) is 9.47 Å². The molecule has 2 aromatic carbocycles. The molecule has 0 aromatic heterocycles. The largest absolute Gasteiger partial charge is 0.461 e. The van der Waals surface area contributed by atoms with Crippen LogP contribution >= 0.6 is 0 Å². The molecule has 2 aromatic rings. The Morgan fingerprint density at radius 1 is 0.974 bits per heavy atom. The summed E-state index contributed by atoms with van der Waals surface area (Å²) in [6.07, 6.45) is -0.160. The minimum atomic E-state index is -3.95. The summed E-state index contributed by atoms with van der Waals surface area (Å²) in [6, 6.07) is 10.5. The lowest BCUT2D eigenvalue weighted by Crippen LogP contribution is -2.53. The predicted octanol–water partition coefficient (Wildman–Crippen LogP) is 3.58. The Labute approximate surface area is 224 Å². The van der Waals surface area contributed by atoms with Crippen molar-refractivity contribution in [2.45, 2.75) is 63.6 Å². The Morgan fingerprint density at radius 3 is 2.13 bits per heavy atom. The number of rotatable bonds is 8. The van der Waals surface area contributed by atoms with Crippen molar-refractivity contribution in [1.82, 2.24) is 9.21 Å². The molecule has 0 unspecified atom stereocenters. The van der Waals surface area contributed by atoms with Crippen LogP contribution in [0, 0.1) is 6.92 Å². The van der Waals surface area contributed by atoms with Gasteiger partial charge in [-0.15, -0.1) is 0 Å². The molecule has 0 radical (unpaired) electrons. The van der Waals surface area contributed by atoms with Crippen molar-refractivity contribution in [1.29, 1.82) is 0 Å². The van der Waals surface area contributed by atoms with E-state index < -0.39 is 46.2 Å². The van der Waals surface area contributed by atoms with Gasteiger partial charge in [-0.3, -0.25) is 9.69 Å². The zero-order valence-electron chi connectivity index (χ0n) is 22.6. The predicted molar refractivity (Wildman–Crippen MR) is 142 cm³/mol. The number of anilines is 1. The third-order valence-corrected chi connectivity index (χ3v) is 8.04. The molecule has 1 heterocycles. The molecule has 10 nitrogen and oxygen atoms in total. The lowest BCUT2D eigenvalue weighted by atomic mass is 10.1. The third-order valence-electron chi connectivity index (χ3n) is 6.12. The third kappa shape index (κ3) is 6.51. The molecule has 2 atom stereocenters. The van der Waals surface area contributed by atoms with E-state index in [-0.39, 0.29) is 17.2 Å². The summed E-state index contributed by atoms with van der Waals surface area (Å²) in [4.78, 5) is 41.4. The maximum Gasteiger partial charge on any atom is 0.414 e. The van der Waals surface area contributed by atoms with Crippen molar-refractivity contribution < 1.29 is 32.3 Å².